The Kier molecular flexibility index (Phi) is 5.69. The molecule has 1 N–H and O–H groups in total. The quantitative estimate of drug-likeness (QED) is 0.612. The molecule has 0 bridgehead atoms. The van der Waals surface area contributed by atoms with Crippen molar-refractivity contribution < 1.29 is 18.1 Å². The lowest BCUT2D eigenvalue weighted by Crippen LogP contribution is -2.34. The number of nitrogens with zero attached hydrogens (tertiary/aromatic N) is 1. The number of aromatic amines is 1. The molecule has 0 radical (unpaired) electrons. The summed E-state index contributed by atoms with van der Waals surface area (Å²) in [6, 6.07) is 12.9. The summed E-state index contributed by atoms with van der Waals surface area (Å²) < 4.78 is 32.5. The van der Waals surface area contributed by atoms with Gasteiger partial charge < -0.3 is 9.64 Å². The van der Waals surface area contributed by atoms with Gasteiger partial charge in [0.15, 0.2) is 11.1 Å². The number of hydrogen-bond donors (Lipinski definition) is 0. The Morgan fingerprint density at radius 3 is 2.43 bits per heavy atom. The first-order valence-electron chi connectivity index (χ1n) is 10.6. The van der Waals surface area contributed by atoms with Gasteiger partial charge in [-0.1, -0.05) is 19.9 Å². The summed E-state index contributed by atoms with van der Waals surface area (Å²) in [7, 11) is -2.12. The van der Waals surface area contributed by atoms with Gasteiger partial charge in [0.05, 0.1) is 23.1 Å². The lowest BCUT2D eigenvalue weighted by atomic mass is 9.98. The summed E-state index contributed by atoms with van der Waals surface area (Å²) in [5.74, 6) is 1.30. The predicted molar refractivity (Wildman–Crippen MR) is 119 cm³/mol. The van der Waals surface area contributed by atoms with Crippen molar-refractivity contribution >= 4 is 26.4 Å². The third-order valence-corrected chi connectivity index (χ3v) is 7.88. The van der Waals surface area contributed by atoms with Crippen molar-refractivity contribution in [2.75, 3.05) is 25.1 Å². The highest BCUT2D eigenvalue weighted by atomic mass is 32.2. The Bertz CT molecular complexity index is 1150. The number of benzene rings is 2. The van der Waals surface area contributed by atoms with E-state index in [0.29, 0.717) is 16.6 Å². The van der Waals surface area contributed by atoms with Gasteiger partial charge in [-0.3, -0.25) is 0 Å². The Morgan fingerprint density at radius 1 is 1.10 bits per heavy atom. The maximum absolute atomic E-state index is 13.7. The van der Waals surface area contributed by atoms with E-state index >= 15 is 0 Å². The minimum Gasteiger partial charge on any atom is -0.497 e. The molecule has 0 spiro atoms. The zero-order chi connectivity index (χ0) is 21.3. The van der Waals surface area contributed by atoms with Crippen molar-refractivity contribution in [3.8, 4) is 5.75 Å². The van der Waals surface area contributed by atoms with Crippen molar-refractivity contribution in [1.29, 1.82) is 0 Å². The molecule has 5 nitrogen and oxygen atoms in total. The highest BCUT2D eigenvalue weighted by molar-refractivity contribution is 7.91. The molecule has 3 aromatic rings. The first-order chi connectivity index (χ1) is 14.4. The molecule has 2 heterocycles. The number of aromatic nitrogens is 1. The van der Waals surface area contributed by atoms with Crippen molar-refractivity contribution in [2.24, 2.45) is 5.92 Å². The molecule has 0 amide bonds. The minimum atomic E-state index is -3.70. The topological polar surface area (TPSA) is 60.8 Å². The maximum atomic E-state index is 13.7. The maximum Gasteiger partial charge on any atom is 0.214 e. The van der Waals surface area contributed by atoms with E-state index in [9.17, 15) is 8.42 Å². The van der Waals surface area contributed by atoms with Gasteiger partial charge in [0.2, 0.25) is 15.4 Å². The van der Waals surface area contributed by atoms with Crippen LogP contribution in [0.1, 0.15) is 32.3 Å². The highest BCUT2D eigenvalue weighted by Gasteiger charge is 2.31. The number of rotatable bonds is 5. The van der Waals surface area contributed by atoms with Gasteiger partial charge in [0.25, 0.3) is 0 Å². The minimum absolute atomic E-state index is 0.273. The Hall–Kier alpha value is -2.60. The molecule has 0 aliphatic carbocycles. The molecule has 2 aromatic carbocycles. The largest absolute Gasteiger partial charge is 0.497 e. The van der Waals surface area contributed by atoms with Crippen LogP contribution in [0.5, 0.6) is 5.75 Å². The van der Waals surface area contributed by atoms with Gasteiger partial charge in [0, 0.05) is 19.2 Å². The van der Waals surface area contributed by atoms with E-state index in [0.717, 1.165) is 48.9 Å². The fourth-order valence-electron chi connectivity index (χ4n) is 4.12. The van der Waals surface area contributed by atoms with Crippen LogP contribution >= 0.6 is 0 Å². The van der Waals surface area contributed by atoms with Crippen molar-refractivity contribution in [3.05, 3.63) is 54.2 Å². The third-order valence-electron chi connectivity index (χ3n) is 6.10. The SMILES string of the molecule is CCc1ccc2[nH+]cc(S(=O)(=O)c3ccc(OC)cc3)c(N3CCC(C)CC3)c2c1. The monoisotopic (exact) mass is 425 g/mol. The molecule has 1 fully saturated rings. The van der Waals surface area contributed by atoms with Crippen LogP contribution in [0, 0.1) is 5.92 Å². The number of H-pyrrole nitrogens is 1. The van der Waals surface area contributed by atoms with Crippen LogP contribution in [0.25, 0.3) is 10.9 Å². The smallest absolute Gasteiger partial charge is 0.214 e. The summed E-state index contributed by atoms with van der Waals surface area (Å²) in [4.78, 5) is 6.09. The van der Waals surface area contributed by atoms with Crippen molar-refractivity contribution in [2.45, 2.75) is 42.9 Å². The summed E-state index contributed by atoms with van der Waals surface area (Å²) in [5, 5.41) is 0.971. The Labute approximate surface area is 178 Å². The number of sulfone groups is 1. The third kappa shape index (κ3) is 3.76. The molecular weight excluding hydrogens is 396 g/mol. The number of pyridine rings is 1. The average molecular weight is 426 g/mol. The van der Waals surface area contributed by atoms with Gasteiger partial charge in [0.1, 0.15) is 5.75 Å². The van der Waals surface area contributed by atoms with Crippen LogP contribution in [0.4, 0.5) is 5.69 Å². The molecule has 0 atom stereocenters. The second-order valence-corrected chi connectivity index (χ2v) is 10.0. The summed E-state index contributed by atoms with van der Waals surface area (Å²) in [6.07, 6.45) is 4.69. The predicted octanol–water partition coefficient (Wildman–Crippen LogP) is 4.29. The lowest BCUT2D eigenvalue weighted by molar-refractivity contribution is -0.347. The number of fused-ring (bicyclic) bond motifs is 1. The van der Waals surface area contributed by atoms with Crippen LogP contribution in [-0.4, -0.2) is 28.6 Å². The van der Waals surface area contributed by atoms with Gasteiger partial charge in [-0.15, -0.1) is 0 Å². The standard InChI is InChI=1S/C24H28N2O3S/c1-4-18-5-10-22-21(15-18)24(26-13-11-17(2)12-14-26)23(16-25-22)30(27,28)20-8-6-19(29-3)7-9-20/h5-10,15-17H,4,11-14H2,1-3H3/p+1. The second-order valence-electron chi connectivity index (χ2n) is 8.08. The average Bonchev–Trinajstić information content (AvgIpc) is 2.78. The molecule has 0 saturated carbocycles. The van der Waals surface area contributed by atoms with Crippen LogP contribution in [0.3, 0.4) is 0 Å². The molecule has 1 aromatic heterocycles. The normalized spacial score (nSPS) is 15.5. The molecule has 158 valence electrons. The number of ether oxygens (including phenoxy) is 1. The van der Waals surface area contributed by atoms with E-state index in [2.05, 4.69) is 35.9 Å². The number of hydrogen-bond acceptors (Lipinski definition) is 4. The molecule has 30 heavy (non-hydrogen) atoms. The zero-order valence-corrected chi connectivity index (χ0v) is 18.6. The van der Waals surface area contributed by atoms with E-state index in [1.165, 1.54) is 5.56 Å². The van der Waals surface area contributed by atoms with Crippen LogP contribution in [0.15, 0.2) is 58.5 Å². The van der Waals surface area contributed by atoms with Gasteiger partial charge >= 0.3 is 0 Å². The van der Waals surface area contributed by atoms with Crippen LogP contribution < -0.4 is 14.6 Å². The zero-order valence-electron chi connectivity index (χ0n) is 17.8. The molecule has 1 aliphatic rings. The number of methoxy groups -OCH3 is 1. The number of nitrogens with one attached hydrogen (secondary N) is 1. The van der Waals surface area contributed by atoms with Gasteiger partial charge in [-0.05, 0) is 61.1 Å². The molecule has 1 saturated heterocycles. The number of piperidine rings is 1. The van der Waals surface area contributed by atoms with Crippen molar-refractivity contribution in [1.82, 2.24) is 0 Å². The van der Waals surface area contributed by atoms with E-state index in [4.69, 9.17) is 4.74 Å². The molecule has 0 unspecified atom stereocenters. The van der Waals surface area contributed by atoms with E-state index in [-0.39, 0.29) is 4.90 Å². The van der Waals surface area contributed by atoms with E-state index in [1.54, 1.807) is 37.6 Å². The molecule has 1 aliphatic heterocycles. The van der Waals surface area contributed by atoms with E-state index in [1.807, 2.05) is 6.07 Å². The van der Waals surface area contributed by atoms with Gasteiger partial charge in [-0.25, -0.2) is 13.4 Å². The fraction of sp³-hybridized carbons (Fsp3) is 0.375. The summed E-state index contributed by atoms with van der Waals surface area (Å²) in [6.45, 7) is 6.10. The van der Waals surface area contributed by atoms with Crippen molar-refractivity contribution in [3.63, 3.8) is 0 Å². The van der Waals surface area contributed by atoms with Gasteiger partial charge in [-0.2, -0.15) is 0 Å². The highest BCUT2D eigenvalue weighted by Crippen LogP contribution is 2.37. The number of aryl methyl sites for hydroxylation is 1. The Balaban J connectivity index is 1.92. The summed E-state index contributed by atoms with van der Waals surface area (Å²) in [5.41, 5.74) is 2.97. The molecular formula is C24H29N2O3S+. The molecule has 4 rings (SSSR count). The molecule has 6 heteroatoms. The first kappa shape index (κ1) is 20.7. The van der Waals surface area contributed by atoms with E-state index < -0.39 is 9.84 Å². The first-order valence-corrected chi connectivity index (χ1v) is 12.0. The fourth-order valence-corrected chi connectivity index (χ4v) is 5.58. The summed E-state index contributed by atoms with van der Waals surface area (Å²) >= 11 is 0. The lowest BCUT2D eigenvalue weighted by Gasteiger charge is -2.33. The van der Waals surface area contributed by atoms with Crippen LogP contribution in [0.2, 0.25) is 0 Å². The second kappa shape index (κ2) is 8.26. The van der Waals surface area contributed by atoms with Crippen LogP contribution in [-0.2, 0) is 16.3 Å². The Morgan fingerprint density at radius 2 is 1.80 bits per heavy atom. The number of anilines is 1.